The summed E-state index contributed by atoms with van der Waals surface area (Å²) in [6, 6.07) is 12.3. The molecule has 2 heterocycles. The van der Waals surface area contributed by atoms with Crippen LogP contribution in [0.3, 0.4) is 0 Å². The Morgan fingerprint density at radius 2 is 1.83 bits per heavy atom. The third-order valence-electron chi connectivity index (χ3n) is 4.48. The van der Waals surface area contributed by atoms with Gasteiger partial charge >= 0.3 is 0 Å². The first-order valence-corrected chi connectivity index (χ1v) is 8.22. The van der Waals surface area contributed by atoms with Crippen LogP contribution in [0.2, 0.25) is 0 Å². The summed E-state index contributed by atoms with van der Waals surface area (Å²) in [6.07, 6.45) is 0.575. The molecule has 1 saturated heterocycles. The molecule has 1 aliphatic rings. The maximum atomic E-state index is 12.4. The predicted octanol–water partition coefficient (Wildman–Crippen LogP) is 3.13. The van der Waals surface area contributed by atoms with Crippen LogP contribution in [0.4, 0.5) is 0 Å². The molecule has 1 fully saturated rings. The number of furan rings is 1. The Morgan fingerprint density at radius 1 is 1.00 bits per heavy atom. The van der Waals surface area contributed by atoms with E-state index in [1.807, 2.05) is 36.1 Å². The van der Waals surface area contributed by atoms with Crippen molar-refractivity contribution in [2.24, 2.45) is 0 Å². The molecular weight excluding hydrogens is 288 g/mol. The van der Waals surface area contributed by atoms with Crippen molar-refractivity contribution in [3.8, 4) is 0 Å². The maximum Gasteiger partial charge on any atom is 0.224 e. The number of aryl methyl sites for hydroxylation is 2. The number of hydrogen-bond acceptors (Lipinski definition) is 3. The number of benzene rings is 1. The van der Waals surface area contributed by atoms with Crippen LogP contribution in [0.1, 0.15) is 29.1 Å². The average molecular weight is 312 g/mol. The Kier molecular flexibility index (Phi) is 4.82. The van der Waals surface area contributed by atoms with Crippen molar-refractivity contribution < 1.29 is 9.21 Å². The van der Waals surface area contributed by atoms with Gasteiger partial charge in [-0.15, -0.1) is 0 Å². The lowest BCUT2D eigenvalue weighted by atomic mass is 10.1. The molecule has 0 N–H and O–H groups in total. The minimum atomic E-state index is 0.242. The second-order valence-corrected chi connectivity index (χ2v) is 6.28. The van der Waals surface area contributed by atoms with Gasteiger partial charge in [0, 0.05) is 32.6 Å². The molecular formula is C19H24N2O2. The van der Waals surface area contributed by atoms with E-state index in [1.54, 1.807) is 0 Å². The van der Waals surface area contributed by atoms with Crippen molar-refractivity contribution in [3.63, 3.8) is 0 Å². The molecule has 1 aromatic heterocycles. The van der Waals surface area contributed by atoms with Crippen LogP contribution in [0.25, 0.3) is 0 Å². The summed E-state index contributed by atoms with van der Waals surface area (Å²) < 4.78 is 5.65. The van der Waals surface area contributed by atoms with Gasteiger partial charge in [-0.1, -0.05) is 24.3 Å². The van der Waals surface area contributed by atoms with E-state index in [0.717, 1.165) is 37.7 Å². The summed E-state index contributed by atoms with van der Waals surface area (Å²) >= 11 is 0. The highest BCUT2D eigenvalue weighted by Crippen LogP contribution is 2.16. The molecule has 3 rings (SSSR count). The maximum absolute atomic E-state index is 12.4. The third kappa shape index (κ3) is 4.02. The first kappa shape index (κ1) is 15.8. The largest absolute Gasteiger partial charge is 0.465 e. The molecule has 0 spiro atoms. The normalized spacial score (nSPS) is 16.6. The fourth-order valence-corrected chi connectivity index (χ4v) is 3.02. The minimum absolute atomic E-state index is 0.242. The number of nitrogens with zero attached hydrogens (tertiary/aromatic N) is 2. The van der Waals surface area contributed by atoms with Gasteiger partial charge in [0.15, 0.2) is 0 Å². The molecule has 1 aromatic carbocycles. The topological polar surface area (TPSA) is 36.7 Å². The molecule has 0 aliphatic carbocycles. The van der Waals surface area contributed by atoms with Gasteiger partial charge < -0.3 is 9.32 Å². The molecule has 0 atom stereocenters. The van der Waals surface area contributed by atoms with E-state index in [1.165, 1.54) is 11.1 Å². The molecule has 4 nitrogen and oxygen atoms in total. The Bertz CT molecular complexity index is 678. The van der Waals surface area contributed by atoms with E-state index in [-0.39, 0.29) is 5.91 Å². The molecule has 1 aliphatic heterocycles. The highest BCUT2D eigenvalue weighted by molar-refractivity contribution is 5.76. The third-order valence-corrected chi connectivity index (χ3v) is 4.48. The van der Waals surface area contributed by atoms with Gasteiger partial charge in [0.25, 0.3) is 0 Å². The lowest BCUT2D eigenvalue weighted by Crippen LogP contribution is -2.32. The van der Waals surface area contributed by atoms with Crippen molar-refractivity contribution in [1.29, 1.82) is 0 Å². The second kappa shape index (κ2) is 7.01. The van der Waals surface area contributed by atoms with Gasteiger partial charge in [0.1, 0.15) is 11.5 Å². The van der Waals surface area contributed by atoms with Crippen LogP contribution in [0, 0.1) is 13.8 Å². The van der Waals surface area contributed by atoms with Crippen molar-refractivity contribution in [2.45, 2.75) is 33.4 Å². The van der Waals surface area contributed by atoms with Gasteiger partial charge in [-0.3, -0.25) is 9.69 Å². The lowest BCUT2D eigenvalue weighted by molar-refractivity contribution is -0.130. The molecule has 4 heteroatoms. The Labute approximate surface area is 137 Å². The summed E-state index contributed by atoms with van der Waals surface area (Å²) in [5.41, 5.74) is 2.48. The smallest absolute Gasteiger partial charge is 0.224 e. The van der Waals surface area contributed by atoms with E-state index in [2.05, 4.69) is 24.0 Å². The number of rotatable bonds is 4. The summed E-state index contributed by atoms with van der Waals surface area (Å²) in [4.78, 5) is 16.7. The monoisotopic (exact) mass is 312 g/mol. The quantitative estimate of drug-likeness (QED) is 0.870. The summed E-state index contributed by atoms with van der Waals surface area (Å²) in [5.74, 6) is 2.15. The zero-order chi connectivity index (χ0) is 16.2. The van der Waals surface area contributed by atoms with Crippen LogP contribution in [-0.4, -0.2) is 35.3 Å². The summed E-state index contributed by atoms with van der Waals surface area (Å²) in [5, 5.41) is 0. The van der Waals surface area contributed by atoms with E-state index in [0.29, 0.717) is 13.0 Å². The highest BCUT2D eigenvalue weighted by Gasteiger charge is 2.22. The van der Waals surface area contributed by atoms with Gasteiger partial charge in [-0.25, -0.2) is 0 Å². The zero-order valence-electron chi connectivity index (χ0n) is 13.9. The molecule has 122 valence electrons. The van der Waals surface area contributed by atoms with Crippen molar-refractivity contribution >= 4 is 5.91 Å². The first-order chi connectivity index (χ1) is 11.1. The molecule has 0 unspecified atom stereocenters. The Balaban J connectivity index is 1.62. The summed E-state index contributed by atoms with van der Waals surface area (Å²) in [7, 11) is 0. The van der Waals surface area contributed by atoms with Gasteiger partial charge in [-0.2, -0.15) is 0 Å². The molecule has 1 amide bonds. The van der Waals surface area contributed by atoms with Crippen LogP contribution in [-0.2, 0) is 17.9 Å². The predicted molar refractivity (Wildman–Crippen MR) is 89.9 cm³/mol. The molecule has 23 heavy (non-hydrogen) atoms. The molecule has 2 aromatic rings. The second-order valence-electron chi connectivity index (χ2n) is 6.28. The van der Waals surface area contributed by atoms with Crippen LogP contribution >= 0.6 is 0 Å². The Hall–Kier alpha value is -2.07. The average Bonchev–Trinajstić information content (AvgIpc) is 2.86. The first-order valence-electron chi connectivity index (χ1n) is 8.22. The molecule has 0 bridgehead atoms. The fraction of sp³-hybridized carbons (Fsp3) is 0.421. The Morgan fingerprint density at radius 3 is 2.57 bits per heavy atom. The standard InChI is InChI=1S/C19H24N2O2/c1-15-5-3-4-6-17(15)13-21-12-11-20(10-9-19(21)22)14-18-8-7-16(2)23-18/h3-8H,9-14H2,1-2H3. The van der Waals surface area contributed by atoms with Crippen LogP contribution < -0.4 is 0 Å². The van der Waals surface area contributed by atoms with Crippen LogP contribution in [0.5, 0.6) is 0 Å². The van der Waals surface area contributed by atoms with Crippen molar-refractivity contribution in [2.75, 3.05) is 19.6 Å². The van der Waals surface area contributed by atoms with Crippen molar-refractivity contribution in [3.05, 3.63) is 59.0 Å². The minimum Gasteiger partial charge on any atom is -0.465 e. The highest BCUT2D eigenvalue weighted by atomic mass is 16.3. The van der Waals surface area contributed by atoms with Crippen molar-refractivity contribution in [1.82, 2.24) is 9.80 Å². The van der Waals surface area contributed by atoms with Crippen LogP contribution in [0.15, 0.2) is 40.8 Å². The van der Waals surface area contributed by atoms with Gasteiger partial charge in [0.2, 0.25) is 5.91 Å². The number of hydrogen-bond donors (Lipinski definition) is 0. The van der Waals surface area contributed by atoms with E-state index < -0.39 is 0 Å². The number of carbonyl (C=O) groups excluding carboxylic acids is 1. The number of amides is 1. The van der Waals surface area contributed by atoms with E-state index in [4.69, 9.17) is 4.42 Å². The van der Waals surface area contributed by atoms with E-state index >= 15 is 0 Å². The number of carbonyl (C=O) groups is 1. The fourth-order valence-electron chi connectivity index (χ4n) is 3.02. The lowest BCUT2D eigenvalue weighted by Gasteiger charge is -2.22. The summed E-state index contributed by atoms with van der Waals surface area (Å²) in [6.45, 7) is 7.99. The molecule has 0 radical (unpaired) electrons. The van der Waals surface area contributed by atoms with Gasteiger partial charge in [0.05, 0.1) is 6.54 Å². The van der Waals surface area contributed by atoms with Gasteiger partial charge in [-0.05, 0) is 37.1 Å². The van der Waals surface area contributed by atoms with E-state index in [9.17, 15) is 4.79 Å². The SMILES string of the molecule is Cc1ccc(CN2CCC(=O)N(Cc3ccccc3C)CC2)o1. The molecule has 0 saturated carbocycles. The zero-order valence-corrected chi connectivity index (χ0v) is 13.9.